The molecule has 3 aliphatic rings. The lowest BCUT2D eigenvalue weighted by Gasteiger charge is -2.46. The van der Waals surface area contributed by atoms with Crippen LogP contribution in [0.15, 0.2) is 139 Å². The molecule has 8 rings (SSSR count). The van der Waals surface area contributed by atoms with E-state index in [0.29, 0.717) is 61.2 Å². The number of ether oxygens (including phenoxy) is 1. The number of hydrogen-bond acceptors (Lipinski definition) is 5. The van der Waals surface area contributed by atoms with Gasteiger partial charge in [-0.05, 0) is 116 Å². The SMILES string of the molecule is COc1ccc(NC(=O)N(Cc2ccccc2)C[C@]2(O)CC[C@H]3c4ccc(cc4C(=O)c4ccc(-c5ccccc5)cc4)C[C@@H](O)CCC(C)=CCC[C@@]32C)cc1. The highest BCUT2D eigenvalue weighted by Gasteiger charge is 2.57. The Kier molecular flexibility index (Phi) is 12.1. The van der Waals surface area contributed by atoms with E-state index < -0.39 is 17.1 Å². The number of allylic oxidation sites excluding steroid dienone is 2. The smallest absolute Gasteiger partial charge is 0.322 e. The highest BCUT2D eigenvalue weighted by molar-refractivity contribution is 6.10. The Balaban J connectivity index is 1.27. The molecule has 0 saturated heterocycles. The molecule has 3 N–H and O–H groups in total. The van der Waals surface area contributed by atoms with Crippen molar-refractivity contribution in [1.82, 2.24) is 4.90 Å². The number of methoxy groups -OCH3 is 1. The van der Waals surface area contributed by atoms with Crippen molar-refractivity contribution in [2.24, 2.45) is 5.41 Å². The number of fused-ring (bicyclic) bond motifs is 8. The first-order chi connectivity index (χ1) is 27.5. The first kappa shape index (κ1) is 39.7. The number of carbonyl (C=O) groups is 2. The van der Waals surface area contributed by atoms with Gasteiger partial charge in [0.05, 0.1) is 25.4 Å². The molecule has 0 aliphatic heterocycles. The molecule has 3 aliphatic carbocycles. The number of aliphatic hydroxyl groups is 2. The zero-order valence-corrected chi connectivity index (χ0v) is 33.3. The highest BCUT2D eigenvalue weighted by Crippen LogP contribution is 2.59. The van der Waals surface area contributed by atoms with Crippen LogP contribution in [-0.4, -0.2) is 52.3 Å². The average Bonchev–Trinajstić information content (AvgIpc) is 3.48. The number of hydrogen-bond donors (Lipinski definition) is 3. The predicted octanol–water partition coefficient (Wildman–Crippen LogP) is 10.4. The van der Waals surface area contributed by atoms with Crippen LogP contribution in [0.2, 0.25) is 0 Å². The summed E-state index contributed by atoms with van der Waals surface area (Å²) < 4.78 is 5.32. The first-order valence-electron chi connectivity index (χ1n) is 20.2. The fraction of sp³-hybridized carbons (Fsp3) is 0.320. The third kappa shape index (κ3) is 8.90. The quantitative estimate of drug-likeness (QED) is 0.103. The number of benzene rings is 5. The molecule has 0 aromatic heterocycles. The number of nitrogens with one attached hydrogen (secondary N) is 1. The molecule has 2 bridgehead atoms. The van der Waals surface area contributed by atoms with Crippen LogP contribution in [-0.2, 0) is 13.0 Å². The van der Waals surface area contributed by atoms with Crippen molar-refractivity contribution < 1.29 is 24.5 Å². The van der Waals surface area contributed by atoms with Crippen LogP contribution < -0.4 is 10.1 Å². The number of aliphatic hydroxyl groups excluding tert-OH is 1. The van der Waals surface area contributed by atoms with Gasteiger partial charge in [-0.2, -0.15) is 0 Å². The zero-order valence-electron chi connectivity index (χ0n) is 33.3. The van der Waals surface area contributed by atoms with E-state index in [0.717, 1.165) is 40.7 Å². The molecule has 5 aromatic carbocycles. The summed E-state index contributed by atoms with van der Waals surface area (Å²) in [4.78, 5) is 30.6. The molecule has 1 fully saturated rings. The van der Waals surface area contributed by atoms with Crippen LogP contribution in [0.3, 0.4) is 0 Å². The Bertz CT molecular complexity index is 2180. The fourth-order valence-electron chi connectivity index (χ4n) is 8.99. The van der Waals surface area contributed by atoms with E-state index in [1.807, 2.05) is 97.1 Å². The Labute approximate surface area is 337 Å². The summed E-state index contributed by atoms with van der Waals surface area (Å²) in [5.74, 6) is 0.438. The third-order valence-corrected chi connectivity index (χ3v) is 12.5. The summed E-state index contributed by atoms with van der Waals surface area (Å²) in [6, 6.07) is 40.8. The molecule has 57 heavy (non-hydrogen) atoms. The first-order valence-corrected chi connectivity index (χ1v) is 20.2. The summed E-state index contributed by atoms with van der Waals surface area (Å²) in [7, 11) is 1.61. The van der Waals surface area contributed by atoms with Gasteiger partial charge in [-0.15, -0.1) is 0 Å². The van der Waals surface area contributed by atoms with Gasteiger partial charge < -0.3 is 25.2 Å². The van der Waals surface area contributed by atoms with E-state index in [9.17, 15) is 19.8 Å². The van der Waals surface area contributed by atoms with Crippen molar-refractivity contribution in [3.05, 3.63) is 167 Å². The molecule has 5 aromatic rings. The maximum absolute atomic E-state index is 14.7. The number of amides is 2. The number of rotatable bonds is 9. The molecule has 294 valence electrons. The van der Waals surface area contributed by atoms with Crippen LogP contribution in [0.25, 0.3) is 11.1 Å². The molecule has 0 unspecified atom stereocenters. The number of nitrogens with zero attached hydrogens (tertiary/aromatic N) is 1. The molecule has 4 atom stereocenters. The van der Waals surface area contributed by atoms with Gasteiger partial charge in [0.15, 0.2) is 5.78 Å². The van der Waals surface area contributed by atoms with Crippen LogP contribution >= 0.6 is 0 Å². The molecule has 7 heteroatoms. The van der Waals surface area contributed by atoms with Crippen LogP contribution in [0, 0.1) is 5.41 Å². The van der Waals surface area contributed by atoms with Gasteiger partial charge >= 0.3 is 6.03 Å². The predicted molar refractivity (Wildman–Crippen MR) is 228 cm³/mol. The molecule has 0 radical (unpaired) electrons. The van der Waals surface area contributed by atoms with Gasteiger partial charge in [0.25, 0.3) is 0 Å². The van der Waals surface area contributed by atoms with E-state index in [1.54, 1.807) is 24.1 Å². The largest absolute Gasteiger partial charge is 0.497 e. The normalized spacial score (nSPS) is 22.2. The second-order valence-corrected chi connectivity index (χ2v) is 16.2. The van der Waals surface area contributed by atoms with Crippen molar-refractivity contribution in [1.29, 1.82) is 0 Å². The van der Waals surface area contributed by atoms with Gasteiger partial charge in [-0.1, -0.05) is 116 Å². The van der Waals surface area contributed by atoms with Gasteiger partial charge in [0.1, 0.15) is 5.75 Å². The Hall–Kier alpha value is -5.50. The monoisotopic (exact) mass is 762 g/mol. The number of ketones is 1. The third-order valence-electron chi connectivity index (χ3n) is 12.5. The van der Waals surface area contributed by atoms with Gasteiger partial charge in [0, 0.05) is 28.8 Å². The summed E-state index contributed by atoms with van der Waals surface area (Å²) in [6.45, 7) is 4.68. The van der Waals surface area contributed by atoms with E-state index in [4.69, 9.17) is 4.74 Å². The van der Waals surface area contributed by atoms with Gasteiger partial charge in [-0.25, -0.2) is 4.79 Å². The standard InChI is InChI=1S/C50H54N2O5/c1-35-11-10-29-49(2)46(28-30-50(49,56)34-52(33-36-12-6-4-7-13-36)48(55)51-41-22-25-43(57-3)26-23-41)44-27-17-37(31-42(53)24-16-35)32-45(44)47(54)40-20-18-39(19-21-40)38-14-8-5-9-15-38/h4-9,11-15,17-23,25-27,32,42,46,53,56H,10,16,24,28-31,33-34H2,1-3H3,(H,51,55)/t42-,46-,49-,50+/m0/s1. The summed E-state index contributed by atoms with van der Waals surface area (Å²) >= 11 is 0. The van der Waals surface area contributed by atoms with Crippen LogP contribution in [0.4, 0.5) is 10.5 Å². The molecule has 1 saturated carbocycles. The molecule has 0 heterocycles. The fourth-order valence-corrected chi connectivity index (χ4v) is 8.99. The lowest BCUT2D eigenvalue weighted by molar-refractivity contribution is -0.0773. The lowest BCUT2D eigenvalue weighted by Crippen LogP contribution is -2.54. The van der Waals surface area contributed by atoms with Gasteiger partial charge in [-0.3, -0.25) is 4.79 Å². The Morgan fingerprint density at radius 3 is 2.23 bits per heavy atom. The minimum absolute atomic E-state index is 0.0776. The maximum Gasteiger partial charge on any atom is 0.322 e. The topological polar surface area (TPSA) is 99.1 Å². The number of anilines is 1. The highest BCUT2D eigenvalue weighted by atomic mass is 16.5. The second-order valence-electron chi connectivity index (χ2n) is 16.2. The second kappa shape index (κ2) is 17.3. The Morgan fingerprint density at radius 2 is 1.53 bits per heavy atom. The number of urea groups is 1. The minimum atomic E-state index is -1.28. The molecule has 2 amide bonds. The zero-order chi connectivity index (χ0) is 40.0. The summed E-state index contributed by atoms with van der Waals surface area (Å²) in [5.41, 5.74) is 5.93. The van der Waals surface area contributed by atoms with E-state index in [1.165, 1.54) is 5.57 Å². The number of carbonyl (C=O) groups excluding carboxylic acids is 2. The maximum atomic E-state index is 14.7. The van der Waals surface area contributed by atoms with Gasteiger partial charge in [0.2, 0.25) is 0 Å². The van der Waals surface area contributed by atoms with Crippen LogP contribution in [0.5, 0.6) is 5.75 Å². The lowest BCUT2D eigenvalue weighted by atomic mass is 9.64. The average molecular weight is 763 g/mol. The van der Waals surface area contributed by atoms with E-state index in [-0.39, 0.29) is 24.3 Å². The molecule has 0 spiro atoms. The van der Waals surface area contributed by atoms with Crippen molar-refractivity contribution in [3.63, 3.8) is 0 Å². The molecular formula is C50H54N2O5. The van der Waals surface area contributed by atoms with Crippen molar-refractivity contribution in [2.45, 2.75) is 83.0 Å². The van der Waals surface area contributed by atoms with Crippen molar-refractivity contribution in [2.75, 3.05) is 19.0 Å². The van der Waals surface area contributed by atoms with Crippen molar-refractivity contribution >= 4 is 17.5 Å². The minimum Gasteiger partial charge on any atom is -0.497 e. The summed E-state index contributed by atoms with van der Waals surface area (Å²) in [5, 5.41) is 27.3. The van der Waals surface area contributed by atoms with E-state index >= 15 is 0 Å². The molecule has 7 nitrogen and oxygen atoms in total. The summed E-state index contributed by atoms with van der Waals surface area (Å²) in [6.07, 6.45) is 6.00. The van der Waals surface area contributed by atoms with E-state index in [2.05, 4.69) is 43.4 Å². The molecular weight excluding hydrogens is 709 g/mol. The Morgan fingerprint density at radius 1 is 0.842 bits per heavy atom. The van der Waals surface area contributed by atoms with Crippen LogP contribution in [0.1, 0.15) is 90.9 Å². The van der Waals surface area contributed by atoms with Crippen molar-refractivity contribution in [3.8, 4) is 16.9 Å².